The van der Waals surface area contributed by atoms with Gasteiger partial charge in [-0.1, -0.05) is 124 Å². The van der Waals surface area contributed by atoms with Gasteiger partial charge < -0.3 is 20.4 Å². The van der Waals surface area contributed by atoms with E-state index in [4.69, 9.17) is 10.2 Å². The Morgan fingerprint density at radius 2 is 0.810 bits per heavy atom. The lowest BCUT2D eigenvalue weighted by Crippen LogP contribution is -2.54. The Hall–Kier alpha value is -2.12. The molecule has 2 unspecified atom stereocenters. The van der Waals surface area contributed by atoms with E-state index in [0.29, 0.717) is 50.4 Å². The third-order valence-electron chi connectivity index (χ3n) is 9.99. The van der Waals surface area contributed by atoms with E-state index < -0.39 is 40.1 Å². The first-order chi connectivity index (χ1) is 19.8. The van der Waals surface area contributed by atoms with Gasteiger partial charge in [0.2, 0.25) is 0 Å². The monoisotopic (exact) mass is 596 g/mol. The largest absolute Gasteiger partial charge is 0.481 e. The summed E-state index contributed by atoms with van der Waals surface area (Å²) in [5.74, 6) is -2.70. The molecule has 0 radical (unpaired) electrons. The standard InChI is InChI=1S/C26H48O4.C8H12O4/c1-21(2)15-9-5-7-11-17-25(23(27)28)19-13-14-20-26(25,24(29)30)18-12-8-6-10-16-22(3)4;9-6(10)8(7(11)12)4-2-1-3-5-8/h21-22H,5-20H2,1-4H3,(H,27,28)(H,29,30);1-5H2,(H,9,10)(H,11,12). The van der Waals surface area contributed by atoms with Crippen LogP contribution in [0.5, 0.6) is 0 Å². The summed E-state index contributed by atoms with van der Waals surface area (Å²) in [7, 11) is 0. The smallest absolute Gasteiger partial charge is 0.321 e. The van der Waals surface area contributed by atoms with Gasteiger partial charge in [-0.05, 0) is 50.4 Å². The number of unbranched alkanes of at least 4 members (excludes halogenated alkanes) is 6. The van der Waals surface area contributed by atoms with Gasteiger partial charge in [0.1, 0.15) is 0 Å². The Morgan fingerprint density at radius 3 is 1.10 bits per heavy atom. The average Bonchev–Trinajstić information content (AvgIpc) is 2.93. The van der Waals surface area contributed by atoms with Crippen LogP contribution in [0.25, 0.3) is 0 Å². The highest BCUT2D eigenvalue weighted by Gasteiger charge is 2.61. The Kier molecular flexibility index (Phi) is 16.7. The molecule has 2 atom stereocenters. The van der Waals surface area contributed by atoms with Crippen LogP contribution in [-0.4, -0.2) is 44.3 Å². The lowest BCUT2D eigenvalue weighted by Gasteiger charge is -2.49. The Balaban J connectivity index is 0.000000609. The highest BCUT2D eigenvalue weighted by Crippen LogP contribution is 2.57. The van der Waals surface area contributed by atoms with E-state index in [0.717, 1.165) is 57.8 Å². The molecule has 2 fully saturated rings. The summed E-state index contributed by atoms with van der Waals surface area (Å²) >= 11 is 0. The van der Waals surface area contributed by atoms with Gasteiger partial charge in [0.05, 0.1) is 10.8 Å². The zero-order valence-electron chi connectivity index (χ0n) is 26.9. The molecule has 0 saturated heterocycles. The SMILES string of the molecule is CC(C)CCCCCCC1(C(=O)O)CCCCC1(CCCCCCC(C)C)C(=O)O.O=C(O)C1(C(=O)O)CCCCC1. The number of carboxylic acid groups (broad SMARTS) is 4. The van der Waals surface area contributed by atoms with E-state index in [-0.39, 0.29) is 12.8 Å². The summed E-state index contributed by atoms with van der Waals surface area (Å²) in [5, 5.41) is 38.1. The molecule has 0 aromatic heterocycles. The van der Waals surface area contributed by atoms with Gasteiger partial charge >= 0.3 is 23.9 Å². The molecule has 0 spiro atoms. The quantitative estimate of drug-likeness (QED) is 0.0905. The first-order valence-corrected chi connectivity index (χ1v) is 16.7. The van der Waals surface area contributed by atoms with Crippen molar-refractivity contribution in [3.8, 4) is 0 Å². The highest BCUT2D eigenvalue weighted by molar-refractivity contribution is 5.98. The molecular formula is C34H60O8. The normalized spacial score (nSPS) is 23.7. The minimum Gasteiger partial charge on any atom is -0.481 e. The molecule has 2 saturated carbocycles. The van der Waals surface area contributed by atoms with Crippen molar-refractivity contribution in [2.45, 2.75) is 163 Å². The van der Waals surface area contributed by atoms with Gasteiger partial charge in [0.25, 0.3) is 0 Å². The van der Waals surface area contributed by atoms with Crippen molar-refractivity contribution < 1.29 is 39.6 Å². The van der Waals surface area contributed by atoms with Crippen LogP contribution in [0, 0.1) is 28.1 Å². The second-order valence-electron chi connectivity index (χ2n) is 13.9. The number of carbonyl (C=O) groups is 4. The fourth-order valence-electron chi connectivity index (χ4n) is 7.24. The van der Waals surface area contributed by atoms with E-state index >= 15 is 0 Å². The van der Waals surface area contributed by atoms with Crippen LogP contribution in [0.1, 0.15) is 163 Å². The van der Waals surface area contributed by atoms with E-state index in [1.54, 1.807) is 0 Å². The maximum Gasteiger partial charge on any atom is 0.321 e. The molecule has 42 heavy (non-hydrogen) atoms. The molecule has 8 heteroatoms. The molecule has 2 aliphatic rings. The van der Waals surface area contributed by atoms with Gasteiger partial charge in [0, 0.05) is 0 Å². The molecule has 244 valence electrons. The molecule has 8 nitrogen and oxygen atoms in total. The maximum atomic E-state index is 12.6. The summed E-state index contributed by atoms with van der Waals surface area (Å²) in [6.45, 7) is 8.91. The van der Waals surface area contributed by atoms with Crippen LogP contribution < -0.4 is 0 Å². The van der Waals surface area contributed by atoms with Crippen molar-refractivity contribution in [2.24, 2.45) is 28.1 Å². The molecule has 0 aromatic carbocycles. The summed E-state index contributed by atoms with van der Waals surface area (Å²) < 4.78 is 0. The minimum atomic E-state index is -1.49. The number of carboxylic acids is 4. The number of hydrogen-bond donors (Lipinski definition) is 4. The van der Waals surface area contributed by atoms with E-state index in [1.807, 2.05) is 0 Å². The molecule has 0 amide bonds. The molecule has 2 aliphatic carbocycles. The zero-order valence-corrected chi connectivity index (χ0v) is 26.9. The Morgan fingerprint density at radius 1 is 0.476 bits per heavy atom. The second kappa shape index (κ2) is 18.5. The first kappa shape index (κ1) is 37.9. The summed E-state index contributed by atoms with van der Waals surface area (Å²) in [4.78, 5) is 46.6. The lowest BCUT2D eigenvalue weighted by atomic mass is 9.52. The minimum absolute atomic E-state index is 0.275. The predicted octanol–water partition coefficient (Wildman–Crippen LogP) is 8.80. The molecule has 0 bridgehead atoms. The van der Waals surface area contributed by atoms with Gasteiger partial charge in [-0.25, -0.2) is 0 Å². The highest BCUT2D eigenvalue weighted by atomic mass is 16.4. The van der Waals surface area contributed by atoms with Crippen LogP contribution >= 0.6 is 0 Å². The third kappa shape index (κ3) is 10.6. The van der Waals surface area contributed by atoms with E-state index in [2.05, 4.69) is 27.7 Å². The van der Waals surface area contributed by atoms with Crippen molar-refractivity contribution in [2.75, 3.05) is 0 Å². The van der Waals surface area contributed by atoms with Gasteiger partial charge in [-0.3, -0.25) is 19.2 Å². The molecule has 0 aliphatic heterocycles. The fraction of sp³-hybridized carbons (Fsp3) is 0.882. The number of hydrogen-bond acceptors (Lipinski definition) is 4. The second-order valence-corrected chi connectivity index (χ2v) is 13.9. The summed E-state index contributed by atoms with van der Waals surface area (Å²) in [5.41, 5.74) is -3.67. The molecular weight excluding hydrogens is 536 g/mol. The van der Waals surface area contributed by atoms with E-state index in [9.17, 15) is 29.4 Å². The van der Waals surface area contributed by atoms with Crippen molar-refractivity contribution in [1.82, 2.24) is 0 Å². The van der Waals surface area contributed by atoms with E-state index in [1.165, 1.54) is 25.7 Å². The lowest BCUT2D eigenvalue weighted by molar-refractivity contribution is -0.182. The Bertz CT molecular complexity index is 782. The molecule has 4 N–H and O–H groups in total. The van der Waals surface area contributed by atoms with Crippen LogP contribution in [0.4, 0.5) is 0 Å². The van der Waals surface area contributed by atoms with Gasteiger partial charge in [0.15, 0.2) is 5.41 Å². The van der Waals surface area contributed by atoms with Crippen LogP contribution in [-0.2, 0) is 19.2 Å². The van der Waals surface area contributed by atoms with Crippen molar-refractivity contribution >= 4 is 23.9 Å². The van der Waals surface area contributed by atoms with Gasteiger partial charge in [-0.2, -0.15) is 0 Å². The zero-order chi connectivity index (χ0) is 31.8. The van der Waals surface area contributed by atoms with Crippen molar-refractivity contribution in [1.29, 1.82) is 0 Å². The van der Waals surface area contributed by atoms with Crippen LogP contribution in [0.15, 0.2) is 0 Å². The molecule has 0 aromatic rings. The fourth-order valence-corrected chi connectivity index (χ4v) is 7.24. The average molecular weight is 597 g/mol. The third-order valence-corrected chi connectivity index (χ3v) is 9.99. The molecule has 0 heterocycles. The topological polar surface area (TPSA) is 149 Å². The number of rotatable bonds is 18. The van der Waals surface area contributed by atoms with Crippen LogP contribution in [0.3, 0.4) is 0 Å². The van der Waals surface area contributed by atoms with Gasteiger partial charge in [-0.15, -0.1) is 0 Å². The van der Waals surface area contributed by atoms with Crippen molar-refractivity contribution in [3.63, 3.8) is 0 Å². The first-order valence-electron chi connectivity index (χ1n) is 16.7. The number of aliphatic carboxylic acids is 4. The molecule has 2 rings (SSSR count). The predicted molar refractivity (Wildman–Crippen MR) is 164 cm³/mol. The summed E-state index contributed by atoms with van der Waals surface area (Å²) in [6.07, 6.45) is 17.3. The maximum absolute atomic E-state index is 12.6. The van der Waals surface area contributed by atoms with Crippen LogP contribution in [0.2, 0.25) is 0 Å². The van der Waals surface area contributed by atoms with Crippen molar-refractivity contribution in [3.05, 3.63) is 0 Å². The Labute approximate surface area is 254 Å². The summed E-state index contributed by atoms with van der Waals surface area (Å²) in [6, 6.07) is 0.